The minimum absolute atomic E-state index is 0.0813. The Morgan fingerprint density at radius 3 is 2.67 bits per heavy atom. The van der Waals surface area contributed by atoms with Crippen molar-refractivity contribution in [2.24, 2.45) is 0 Å². The lowest BCUT2D eigenvalue weighted by atomic mass is 10.0. The maximum Gasteiger partial charge on any atom is 0.228 e. The SMILES string of the molecule is Cc1ccc(-c2ccnc3[nH]c(-c4n[nH]c5ccc(-c6cncc(NC(=O)Cc7ccccc7)c6)cc45)cc23)s1. The molecular weight excluding hydrogens is 516 g/mol. The second-order valence-electron chi connectivity index (χ2n) is 9.72. The van der Waals surface area contributed by atoms with Gasteiger partial charge in [0.25, 0.3) is 0 Å². The van der Waals surface area contributed by atoms with Gasteiger partial charge in [0.2, 0.25) is 5.91 Å². The minimum Gasteiger partial charge on any atom is -0.338 e. The number of rotatable bonds is 6. The van der Waals surface area contributed by atoms with Gasteiger partial charge in [-0.15, -0.1) is 11.3 Å². The number of thiophene rings is 1. The highest BCUT2D eigenvalue weighted by molar-refractivity contribution is 7.15. The Morgan fingerprint density at radius 2 is 1.82 bits per heavy atom. The highest BCUT2D eigenvalue weighted by Crippen LogP contribution is 2.36. The fourth-order valence-corrected chi connectivity index (χ4v) is 5.91. The van der Waals surface area contributed by atoms with Crippen molar-refractivity contribution >= 4 is 44.9 Å². The second-order valence-corrected chi connectivity index (χ2v) is 11.0. The molecule has 2 aromatic carbocycles. The lowest BCUT2D eigenvalue weighted by Gasteiger charge is -2.08. The summed E-state index contributed by atoms with van der Waals surface area (Å²) in [6, 6.07) is 26.3. The first-order chi connectivity index (χ1) is 19.6. The van der Waals surface area contributed by atoms with Crippen LogP contribution in [0, 0.1) is 6.92 Å². The molecule has 0 radical (unpaired) electrons. The molecule has 8 heteroatoms. The van der Waals surface area contributed by atoms with Crippen LogP contribution in [0.15, 0.2) is 97.5 Å². The molecule has 0 saturated heterocycles. The van der Waals surface area contributed by atoms with Gasteiger partial charge in [-0.3, -0.25) is 14.9 Å². The van der Waals surface area contributed by atoms with E-state index < -0.39 is 0 Å². The van der Waals surface area contributed by atoms with Crippen molar-refractivity contribution in [3.63, 3.8) is 0 Å². The van der Waals surface area contributed by atoms with Crippen LogP contribution in [0.5, 0.6) is 0 Å². The quantitative estimate of drug-likeness (QED) is 0.205. The Labute approximate surface area is 234 Å². The van der Waals surface area contributed by atoms with E-state index in [9.17, 15) is 4.79 Å². The first kappa shape index (κ1) is 24.0. The van der Waals surface area contributed by atoms with E-state index in [0.29, 0.717) is 12.1 Å². The molecule has 1 amide bonds. The summed E-state index contributed by atoms with van der Waals surface area (Å²) in [5.74, 6) is -0.0813. The third-order valence-electron chi connectivity index (χ3n) is 6.92. The Bertz CT molecular complexity index is 2000. The first-order valence-electron chi connectivity index (χ1n) is 12.9. The monoisotopic (exact) mass is 540 g/mol. The summed E-state index contributed by atoms with van der Waals surface area (Å²) in [5, 5.41) is 12.8. The van der Waals surface area contributed by atoms with Crippen LogP contribution in [0.25, 0.3) is 54.9 Å². The van der Waals surface area contributed by atoms with Crippen LogP contribution in [0.1, 0.15) is 10.4 Å². The van der Waals surface area contributed by atoms with Crippen molar-refractivity contribution in [2.75, 3.05) is 5.32 Å². The molecule has 0 saturated carbocycles. The zero-order valence-electron chi connectivity index (χ0n) is 21.6. The summed E-state index contributed by atoms with van der Waals surface area (Å²) in [6.07, 6.45) is 5.61. The largest absolute Gasteiger partial charge is 0.338 e. The van der Waals surface area contributed by atoms with Crippen LogP contribution < -0.4 is 5.32 Å². The number of aryl methyl sites for hydroxylation is 1. The molecule has 0 atom stereocenters. The lowest BCUT2D eigenvalue weighted by molar-refractivity contribution is -0.115. The summed E-state index contributed by atoms with van der Waals surface area (Å²) >= 11 is 1.77. The molecule has 7 nitrogen and oxygen atoms in total. The van der Waals surface area contributed by atoms with Gasteiger partial charge in [-0.05, 0) is 60.5 Å². The predicted molar refractivity (Wildman–Crippen MR) is 161 cm³/mol. The van der Waals surface area contributed by atoms with E-state index in [4.69, 9.17) is 0 Å². The molecule has 40 heavy (non-hydrogen) atoms. The molecule has 5 heterocycles. The third kappa shape index (κ3) is 4.54. The molecule has 0 aliphatic rings. The number of aromatic amines is 2. The van der Waals surface area contributed by atoms with Crippen LogP contribution >= 0.6 is 11.3 Å². The third-order valence-corrected chi connectivity index (χ3v) is 7.95. The first-order valence-corrected chi connectivity index (χ1v) is 13.7. The van der Waals surface area contributed by atoms with Gasteiger partial charge < -0.3 is 10.3 Å². The Kier molecular flexibility index (Phi) is 5.94. The molecule has 0 fully saturated rings. The number of hydrogen-bond donors (Lipinski definition) is 3. The van der Waals surface area contributed by atoms with Gasteiger partial charge >= 0.3 is 0 Å². The number of carbonyl (C=O) groups is 1. The number of nitrogens with zero attached hydrogens (tertiary/aromatic N) is 3. The number of H-pyrrole nitrogens is 2. The maximum absolute atomic E-state index is 12.6. The van der Waals surface area contributed by atoms with Gasteiger partial charge in [0, 0.05) is 44.0 Å². The number of aromatic nitrogens is 5. The topological polar surface area (TPSA) is 99.3 Å². The molecule has 194 valence electrons. The fraction of sp³-hybridized carbons (Fsp3) is 0.0625. The molecule has 0 unspecified atom stereocenters. The number of amides is 1. The van der Waals surface area contributed by atoms with E-state index >= 15 is 0 Å². The number of pyridine rings is 2. The number of hydrogen-bond acceptors (Lipinski definition) is 5. The van der Waals surface area contributed by atoms with Gasteiger partial charge in [0.15, 0.2) is 0 Å². The van der Waals surface area contributed by atoms with E-state index in [1.54, 1.807) is 23.7 Å². The molecule has 7 aromatic rings. The molecule has 5 aromatic heterocycles. The minimum atomic E-state index is -0.0813. The highest BCUT2D eigenvalue weighted by Gasteiger charge is 2.16. The molecule has 0 spiro atoms. The van der Waals surface area contributed by atoms with Crippen molar-refractivity contribution in [3.8, 4) is 33.0 Å². The Hall–Kier alpha value is -5.08. The zero-order valence-corrected chi connectivity index (χ0v) is 22.4. The number of benzene rings is 2. The normalized spacial score (nSPS) is 11.3. The van der Waals surface area contributed by atoms with Gasteiger partial charge in [-0.25, -0.2) is 4.98 Å². The lowest BCUT2D eigenvalue weighted by Crippen LogP contribution is -2.14. The van der Waals surface area contributed by atoms with Crippen LogP contribution in [0.2, 0.25) is 0 Å². The smallest absolute Gasteiger partial charge is 0.228 e. The molecule has 3 N–H and O–H groups in total. The van der Waals surface area contributed by atoms with Crippen molar-refractivity contribution in [1.29, 1.82) is 0 Å². The van der Waals surface area contributed by atoms with E-state index in [1.165, 1.54) is 9.75 Å². The Morgan fingerprint density at radius 1 is 0.925 bits per heavy atom. The van der Waals surface area contributed by atoms with Gasteiger partial charge in [-0.1, -0.05) is 36.4 Å². The van der Waals surface area contributed by atoms with Gasteiger partial charge in [0.1, 0.15) is 11.3 Å². The zero-order chi connectivity index (χ0) is 27.1. The van der Waals surface area contributed by atoms with Gasteiger partial charge in [0.05, 0.1) is 29.5 Å². The van der Waals surface area contributed by atoms with Crippen LogP contribution in [-0.2, 0) is 11.2 Å². The molecule has 0 aliphatic heterocycles. The summed E-state index contributed by atoms with van der Waals surface area (Å²) in [4.78, 5) is 27.5. The molecule has 7 rings (SSSR count). The highest BCUT2D eigenvalue weighted by atomic mass is 32.1. The number of nitrogens with one attached hydrogen (secondary N) is 3. The number of fused-ring (bicyclic) bond motifs is 2. The molecule has 0 aliphatic carbocycles. The predicted octanol–water partition coefficient (Wildman–Crippen LogP) is 7.39. The summed E-state index contributed by atoms with van der Waals surface area (Å²) in [6.45, 7) is 2.12. The number of anilines is 1. The van der Waals surface area contributed by atoms with E-state index in [-0.39, 0.29) is 5.91 Å². The van der Waals surface area contributed by atoms with E-state index in [0.717, 1.165) is 55.6 Å². The molecular formula is C32H24N6OS. The Balaban J connectivity index is 1.21. The summed E-state index contributed by atoms with van der Waals surface area (Å²) in [5.41, 5.74) is 8.13. The van der Waals surface area contributed by atoms with Crippen molar-refractivity contribution in [1.82, 2.24) is 25.1 Å². The summed E-state index contributed by atoms with van der Waals surface area (Å²) < 4.78 is 0. The van der Waals surface area contributed by atoms with Crippen LogP contribution in [0.4, 0.5) is 5.69 Å². The average molecular weight is 541 g/mol. The standard InChI is InChI=1S/C32H24N6OS/c1-19-7-10-29(40-19)24-11-12-34-32-25(24)16-28(36-32)31-26-15-21(8-9-27(26)37-38-31)22-14-23(18-33-17-22)35-30(39)13-20-5-3-2-4-6-20/h2-12,14-18H,13H2,1H3,(H,34,36)(H,35,39)(H,37,38). The second kappa shape index (κ2) is 9.91. The van der Waals surface area contributed by atoms with Crippen LogP contribution in [0.3, 0.4) is 0 Å². The maximum atomic E-state index is 12.6. The summed E-state index contributed by atoms with van der Waals surface area (Å²) in [7, 11) is 0. The van der Waals surface area contributed by atoms with Crippen molar-refractivity contribution in [2.45, 2.75) is 13.3 Å². The van der Waals surface area contributed by atoms with Crippen LogP contribution in [-0.4, -0.2) is 31.1 Å². The average Bonchev–Trinajstić information content (AvgIpc) is 3.71. The van der Waals surface area contributed by atoms with Crippen molar-refractivity contribution < 1.29 is 4.79 Å². The van der Waals surface area contributed by atoms with E-state index in [1.807, 2.05) is 54.7 Å². The van der Waals surface area contributed by atoms with Gasteiger partial charge in [-0.2, -0.15) is 5.10 Å². The number of carbonyl (C=O) groups excluding carboxylic acids is 1. The molecule has 0 bridgehead atoms. The van der Waals surface area contributed by atoms with E-state index in [2.05, 4.69) is 67.7 Å². The van der Waals surface area contributed by atoms with Crippen molar-refractivity contribution in [3.05, 3.63) is 108 Å². The fourth-order valence-electron chi connectivity index (χ4n) is 5.00.